The maximum Gasteiger partial charge on any atom is 0.321 e. The minimum absolute atomic E-state index is 0.162. The van der Waals surface area contributed by atoms with Crippen molar-refractivity contribution in [3.05, 3.63) is 17.2 Å². The number of ether oxygens (including phenoxy) is 2. The van der Waals surface area contributed by atoms with Crippen LogP contribution >= 0.6 is 11.6 Å². The number of nitrogens with one attached hydrogen (secondary N) is 1. The normalized spacial score (nSPS) is 10.1. The van der Waals surface area contributed by atoms with Crippen LogP contribution in [0.15, 0.2) is 12.1 Å². The number of urea groups is 1. The summed E-state index contributed by atoms with van der Waals surface area (Å²) in [5.41, 5.74) is 0.531. The van der Waals surface area contributed by atoms with Crippen LogP contribution in [-0.4, -0.2) is 38.2 Å². The molecular formula is C15H23ClN2O3. The third kappa shape index (κ3) is 4.70. The number of hydrogen-bond acceptors (Lipinski definition) is 3. The van der Waals surface area contributed by atoms with Crippen LogP contribution in [0.2, 0.25) is 5.02 Å². The van der Waals surface area contributed by atoms with Gasteiger partial charge in [-0.05, 0) is 19.4 Å². The third-order valence-corrected chi connectivity index (χ3v) is 3.46. The number of methoxy groups -OCH3 is 2. The molecule has 0 bridgehead atoms. The van der Waals surface area contributed by atoms with Crippen molar-refractivity contribution in [1.82, 2.24) is 4.90 Å². The van der Waals surface area contributed by atoms with Crippen LogP contribution < -0.4 is 14.8 Å². The van der Waals surface area contributed by atoms with Crippen molar-refractivity contribution >= 4 is 23.3 Å². The van der Waals surface area contributed by atoms with E-state index in [1.54, 1.807) is 17.0 Å². The number of anilines is 1. The predicted octanol–water partition coefficient (Wildman–Crippen LogP) is 4.01. The predicted molar refractivity (Wildman–Crippen MR) is 85.7 cm³/mol. The Kier molecular flexibility index (Phi) is 7.15. The molecule has 6 heteroatoms. The van der Waals surface area contributed by atoms with Gasteiger partial charge in [0.25, 0.3) is 0 Å². The second-order valence-corrected chi connectivity index (χ2v) is 4.96. The highest BCUT2D eigenvalue weighted by Crippen LogP contribution is 2.35. The van der Waals surface area contributed by atoms with Crippen LogP contribution in [0.5, 0.6) is 11.5 Å². The van der Waals surface area contributed by atoms with Gasteiger partial charge < -0.3 is 19.7 Å². The topological polar surface area (TPSA) is 50.8 Å². The lowest BCUT2D eigenvalue weighted by Gasteiger charge is -2.22. The van der Waals surface area contributed by atoms with Crippen LogP contribution in [0, 0.1) is 0 Å². The van der Waals surface area contributed by atoms with Gasteiger partial charge >= 0.3 is 6.03 Å². The van der Waals surface area contributed by atoms with E-state index in [0.29, 0.717) is 28.8 Å². The highest BCUT2D eigenvalue weighted by Gasteiger charge is 2.16. The molecule has 0 fully saturated rings. The molecule has 2 amide bonds. The zero-order valence-corrected chi connectivity index (χ0v) is 13.8. The smallest absolute Gasteiger partial charge is 0.321 e. The Hall–Kier alpha value is -1.62. The first-order chi connectivity index (χ1) is 10.1. The first kappa shape index (κ1) is 17.4. The minimum atomic E-state index is -0.162. The largest absolute Gasteiger partial charge is 0.495 e. The SMILES string of the molecule is CCCCN(CC)C(=O)Nc1cc(Cl)c(OC)cc1OC. The van der Waals surface area contributed by atoms with Crippen LogP contribution in [-0.2, 0) is 0 Å². The van der Waals surface area contributed by atoms with Crippen LogP contribution in [0.4, 0.5) is 10.5 Å². The molecule has 0 radical (unpaired) electrons. The van der Waals surface area contributed by atoms with Crippen molar-refractivity contribution in [2.45, 2.75) is 26.7 Å². The first-order valence-electron chi connectivity index (χ1n) is 7.04. The summed E-state index contributed by atoms with van der Waals surface area (Å²) in [6.07, 6.45) is 2.02. The van der Waals surface area contributed by atoms with Crippen molar-refractivity contribution in [3.63, 3.8) is 0 Å². The average molecular weight is 315 g/mol. The van der Waals surface area contributed by atoms with E-state index >= 15 is 0 Å². The number of amides is 2. The molecule has 21 heavy (non-hydrogen) atoms. The maximum absolute atomic E-state index is 12.3. The lowest BCUT2D eigenvalue weighted by atomic mass is 10.2. The fourth-order valence-corrected chi connectivity index (χ4v) is 2.15. The summed E-state index contributed by atoms with van der Waals surface area (Å²) in [5.74, 6) is 1.01. The summed E-state index contributed by atoms with van der Waals surface area (Å²) >= 11 is 6.09. The van der Waals surface area contributed by atoms with E-state index in [1.165, 1.54) is 14.2 Å². The van der Waals surface area contributed by atoms with E-state index in [0.717, 1.165) is 19.4 Å². The quantitative estimate of drug-likeness (QED) is 0.827. The lowest BCUT2D eigenvalue weighted by Crippen LogP contribution is -2.35. The number of carbonyl (C=O) groups excluding carboxylic acids is 1. The van der Waals surface area contributed by atoms with E-state index in [-0.39, 0.29) is 6.03 Å². The fraction of sp³-hybridized carbons (Fsp3) is 0.533. The van der Waals surface area contributed by atoms with E-state index in [2.05, 4.69) is 12.2 Å². The zero-order valence-electron chi connectivity index (χ0n) is 13.0. The molecule has 5 nitrogen and oxygen atoms in total. The van der Waals surface area contributed by atoms with E-state index in [9.17, 15) is 4.79 Å². The summed E-state index contributed by atoms with van der Waals surface area (Å²) in [5, 5.41) is 3.26. The molecule has 0 heterocycles. The minimum Gasteiger partial charge on any atom is -0.495 e. The van der Waals surface area contributed by atoms with Crippen molar-refractivity contribution in [2.24, 2.45) is 0 Å². The van der Waals surface area contributed by atoms with Gasteiger partial charge in [-0.1, -0.05) is 24.9 Å². The highest BCUT2D eigenvalue weighted by atomic mass is 35.5. The molecule has 1 aromatic carbocycles. The number of hydrogen-bond donors (Lipinski definition) is 1. The Morgan fingerprint density at radius 1 is 1.24 bits per heavy atom. The van der Waals surface area contributed by atoms with Crippen LogP contribution in [0.25, 0.3) is 0 Å². The molecule has 1 N–H and O–H groups in total. The number of rotatable bonds is 7. The van der Waals surface area contributed by atoms with Crippen molar-refractivity contribution in [2.75, 3.05) is 32.6 Å². The van der Waals surface area contributed by atoms with Gasteiger partial charge in [-0.2, -0.15) is 0 Å². The molecule has 0 saturated heterocycles. The van der Waals surface area contributed by atoms with E-state index in [1.807, 2.05) is 6.92 Å². The molecule has 0 aromatic heterocycles. The van der Waals surface area contributed by atoms with Gasteiger partial charge in [-0.25, -0.2) is 4.79 Å². The zero-order chi connectivity index (χ0) is 15.8. The molecule has 1 aromatic rings. The van der Waals surface area contributed by atoms with Crippen molar-refractivity contribution < 1.29 is 14.3 Å². The standard InChI is InChI=1S/C15H23ClN2O3/c1-5-7-8-18(6-2)15(19)17-12-9-11(16)13(20-3)10-14(12)21-4/h9-10H,5-8H2,1-4H3,(H,17,19). The molecule has 118 valence electrons. The molecule has 0 spiro atoms. The Morgan fingerprint density at radius 3 is 2.43 bits per heavy atom. The van der Waals surface area contributed by atoms with Gasteiger partial charge in [-0.15, -0.1) is 0 Å². The number of benzene rings is 1. The summed E-state index contributed by atoms with van der Waals surface area (Å²) < 4.78 is 10.4. The number of halogens is 1. The first-order valence-corrected chi connectivity index (χ1v) is 7.42. The van der Waals surface area contributed by atoms with Crippen molar-refractivity contribution in [3.8, 4) is 11.5 Å². The lowest BCUT2D eigenvalue weighted by molar-refractivity contribution is 0.213. The van der Waals surface area contributed by atoms with Crippen molar-refractivity contribution in [1.29, 1.82) is 0 Å². The van der Waals surface area contributed by atoms with Gasteiger partial charge in [0, 0.05) is 19.2 Å². The maximum atomic E-state index is 12.3. The molecule has 0 aliphatic rings. The van der Waals surface area contributed by atoms with Gasteiger partial charge in [0.15, 0.2) is 0 Å². The Bertz CT molecular complexity index is 480. The molecule has 1 rings (SSSR count). The highest BCUT2D eigenvalue weighted by molar-refractivity contribution is 6.32. The molecule has 0 saturated carbocycles. The molecule has 0 atom stereocenters. The molecule has 0 aliphatic carbocycles. The summed E-state index contributed by atoms with van der Waals surface area (Å²) in [6.45, 7) is 5.43. The molecular weight excluding hydrogens is 292 g/mol. The van der Waals surface area contributed by atoms with E-state index < -0.39 is 0 Å². The molecule has 0 unspecified atom stereocenters. The Balaban J connectivity index is 2.90. The monoisotopic (exact) mass is 314 g/mol. The Labute approximate surface area is 131 Å². The summed E-state index contributed by atoms with van der Waals surface area (Å²) in [6, 6.07) is 3.12. The molecule has 0 aliphatic heterocycles. The number of unbranched alkanes of at least 4 members (excludes halogenated alkanes) is 1. The van der Waals surface area contributed by atoms with Gasteiger partial charge in [0.1, 0.15) is 11.5 Å². The summed E-state index contributed by atoms with van der Waals surface area (Å²) in [7, 11) is 3.06. The summed E-state index contributed by atoms with van der Waals surface area (Å²) in [4.78, 5) is 14.0. The second-order valence-electron chi connectivity index (χ2n) is 4.55. The second kappa shape index (κ2) is 8.62. The van der Waals surface area contributed by atoms with Gasteiger partial charge in [0.2, 0.25) is 0 Å². The average Bonchev–Trinajstić information content (AvgIpc) is 2.48. The van der Waals surface area contributed by atoms with Gasteiger partial charge in [0.05, 0.1) is 24.9 Å². The number of nitrogens with zero attached hydrogens (tertiary/aromatic N) is 1. The van der Waals surface area contributed by atoms with E-state index in [4.69, 9.17) is 21.1 Å². The fourth-order valence-electron chi connectivity index (χ4n) is 1.90. The van der Waals surface area contributed by atoms with Crippen LogP contribution in [0.3, 0.4) is 0 Å². The van der Waals surface area contributed by atoms with Crippen LogP contribution in [0.1, 0.15) is 26.7 Å². The third-order valence-electron chi connectivity index (χ3n) is 3.17. The number of carbonyl (C=O) groups is 1. The Morgan fingerprint density at radius 2 is 1.90 bits per heavy atom. The van der Waals surface area contributed by atoms with Gasteiger partial charge in [-0.3, -0.25) is 0 Å².